The summed E-state index contributed by atoms with van der Waals surface area (Å²) < 4.78 is 19.1. The first-order chi connectivity index (χ1) is 14.4. The molecule has 2 bridgehead atoms. The zero-order chi connectivity index (χ0) is 20.9. The van der Waals surface area contributed by atoms with E-state index in [9.17, 15) is 9.18 Å². The third-order valence-corrected chi connectivity index (χ3v) is 6.28. The first-order valence-corrected chi connectivity index (χ1v) is 9.78. The van der Waals surface area contributed by atoms with Crippen LogP contribution in [-0.4, -0.2) is 38.7 Å². The van der Waals surface area contributed by atoms with Crippen LogP contribution in [0, 0.1) is 34.9 Å². The Morgan fingerprint density at radius 3 is 2.80 bits per heavy atom. The lowest BCUT2D eigenvalue weighted by molar-refractivity contribution is -0.227. The Labute approximate surface area is 172 Å². The molecule has 0 aromatic carbocycles. The van der Waals surface area contributed by atoms with E-state index in [1.54, 1.807) is 13.1 Å². The van der Waals surface area contributed by atoms with Crippen LogP contribution >= 0.6 is 0 Å². The molecular weight excluding hydrogens is 387 g/mol. The van der Waals surface area contributed by atoms with E-state index in [2.05, 4.69) is 20.1 Å². The summed E-state index contributed by atoms with van der Waals surface area (Å²) in [6.07, 6.45) is 7.48. The highest BCUT2D eigenvalue weighted by molar-refractivity contribution is 5.88. The second kappa shape index (κ2) is 6.55. The van der Waals surface area contributed by atoms with Crippen LogP contribution in [0.3, 0.4) is 0 Å². The molecule has 0 radical (unpaired) electrons. The number of aryl methyl sites for hydroxylation is 1. The van der Waals surface area contributed by atoms with Crippen LogP contribution in [0.1, 0.15) is 48.8 Å². The van der Waals surface area contributed by atoms with Crippen LogP contribution in [-0.2, 0) is 4.79 Å². The Morgan fingerprint density at radius 2 is 2.13 bits per heavy atom. The summed E-state index contributed by atoms with van der Waals surface area (Å²) in [7, 11) is 0. The van der Waals surface area contributed by atoms with Gasteiger partial charge in [0, 0.05) is 24.1 Å². The van der Waals surface area contributed by atoms with Crippen LogP contribution in [0.2, 0.25) is 0 Å². The summed E-state index contributed by atoms with van der Waals surface area (Å²) in [5, 5.41) is 14.7. The van der Waals surface area contributed by atoms with Gasteiger partial charge in [0.05, 0.1) is 35.8 Å². The standard InChI is InChI=1S/C21H19FN6O2/c1-13-15(22)2-3-18(27-13)30-12-20-9-21(10-20,11-20)19(29)28-17(4-5-26-28)16-8-24-14(6-23)7-25-16/h2-3,5,7-8,17H,4,9-12H2,1H3. The van der Waals surface area contributed by atoms with Gasteiger partial charge in [-0.3, -0.25) is 9.78 Å². The molecule has 1 atom stereocenters. The van der Waals surface area contributed by atoms with Crippen LogP contribution in [0.15, 0.2) is 29.6 Å². The maximum Gasteiger partial charge on any atom is 0.249 e. The van der Waals surface area contributed by atoms with Crippen molar-refractivity contribution in [1.82, 2.24) is 20.0 Å². The number of aromatic nitrogens is 3. The summed E-state index contributed by atoms with van der Waals surface area (Å²) in [5.41, 5.74) is 0.757. The van der Waals surface area contributed by atoms with E-state index in [1.165, 1.54) is 29.5 Å². The van der Waals surface area contributed by atoms with E-state index >= 15 is 0 Å². The Morgan fingerprint density at radius 1 is 1.33 bits per heavy atom. The zero-order valence-corrected chi connectivity index (χ0v) is 16.4. The minimum Gasteiger partial charge on any atom is -0.477 e. The van der Waals surface area contributed by atoms with Crippen molar-refractivity contribution in [1.29, 1.82) is 5.26 Å². The van der Waals surface area contributed by atoms with Crippen molar-refractivity contribution >= 4 is 12.1 Å². The fourth-order valence-corrected chi connectivity index (χ4v) is 4.87. The van der Waals surface area contributed by atoms with E-state index < -0.39 is 5.41 Å². The molecule has 1 amide bonds. The third-order valence-electron chi connectivity index (χ3n) is 6.28. The summed E-state index contributed by atoms with van der Waals surface area (Å²) >= 11 is 0. The number of hydrogen-bond acceptors (Lipinski definition) is 7. The number of amides is 1. The van der Waals surface area contributed by atoms with Gasteiger partial charge in [0.2, 0.25) is 11.8 Å². The van der Waals surface area contributed by atoms with Crippen LogP contribution < -0.4 is 4.74 Å². The van der Waals surface area contributed by atoms with Gasteiger partial charge in [-0.2, -0.15) is 10.4 Å². The highest BCUT2D eigenvalue weighted by Gasteiger charge is 2.73. The first kappa shape index (κ1) is 18.6. The van der Waals surface area contributed by atoms with Crippen LogP contribution in [0.5, 0.6) is 5.88 Å². The molecule has 0 saturated heterocycles. The Hall–Kier alpha value is -3.41. The SMILES string of the molecule is Cc1nc(OCC23CC(C(=O)N4N=CCC4c4cnc(C#N)cn4)(C2)C3)ccc1F. The monoisotopic (exact) mass is 406 g/mol. The van der Waals surface area contributed by atoms with Crippen LogP contribution in [0.4, 0.5) is 4.39 Å². The van der Waals surface area contributed by atoms with E-state index in [4.69, 9.17) is 10.00 Å². The van der Waals surface area contributed by atoms with Gasteiger partial charge in [0.15, 0.2) is 5.69 Å². The van der Waals surface area contributed by atoms with Gasteiger partial charge < -0.3 is 4.74 Å². The molecule has 2 aromatic rings. The molecule has 3 fully saturated rings. The Bertz CT molecular complexity index is 1070. The molecule has 3 saturated carbocycles. The average Bonchev–Trinajstić information content (AvgIpc) is 3.18. The number of hydrogen-bond donors (Lipinski definition) is 0. The zero-order valence-electron chi connectivity index (χ0n) is 16.4. The van der Waals surface area contributed by atoms with Gasteiger partial charge in [0.1, 0.15) is 17.9 Å². The Kier molecular flexibility index (Phi) is 4.07. The molecule has 4 aliphatic rings. The van der Waals surface area contributed by atoms with Gasteiger partial charge in [0.25, 0.3) is 0 Å². The van der Waals surface area contributed by atoms with Crippen molar-refractivity contribution in [2.75, 3.05) is 6.61 Å². The summed E-state index contributed by atoms with van der Waals surface area (Å²) in [6.45, 7) is 2.07. The van der Waals surface area contributed by atoms with Gasteiger partial charge >= 0.3 is 0 Å². The summed E-state index contributed by atoms with van der Waals surface area (Å²) in [6, 6.07) is 4.53. The number of halogens is 1. The maximum atomic E-state index is 13.3. The summed E-state index contributed by atoms with van der Waals surface area (Å²) in [4.78, 5) is 25.6. The molecular formula is C21H19FN6O2. The smallest absolute Gasteiger partial charge is 0.249 e. The van der Waals surface area contributed by atoms with Crippen molar-refractivity contribution in [3.05, 3.63) is 47.4 Å². The lowest BCUT2D eigenvalue weighted by atomic mass is 9.35. The van der Waals surface area contributed by atoms with E-state index in [-0.39, 0.29) is 28.9 Å². The molecule has 1 aliphatic heterocycles. The first-order valence-electron chi connectivity index (χ1n) is 9.78. The quantitative estimate of drug-likeness (QED) is 0.756. The fourth-order valence-electron chi connectivity index (χ4n) is 4.87. The molecule has 2 aromatic heterocycles. The average molecular weight is 406 g/mol. The minimum atomic E-state index is -0.393. The van der Waals surface area contributed by atoms with Crippen molar-refractivity contribution < 1.29 is 13.9 Å². The van der Waals surface area contributed by atoms with Gasteiger partial charge in [-0.15, -0.1) is 0 Å². The number of carbonyl (C=O) groups excluding carboxylic acids is 1. The Balaban J connectivity index is 1.21. The van der Waals surface area contributed by atoms with Crippen molar-refractivity contribution in [2.45, 2.75) is 38.6 Å². The second-order valence-electron chi connectivity index (χ2n) is 8.45. The molecule has 3 heterocycles. The van der Waals surface area contributed by atoms with Crippen molar-refractivity contribution in [3.63, 3.8) is 0 Å². The normalized spacial score (nSPS) is 28.4. The second-order valence-corrected chi connectivity index (χ2v) is 8.45. The molecule has 152 valence electrons. The third kappa shape index (κ3) is 2.83. The van der Waals surface area contributed by atoms with E-state index in [0.717, 1.165) is 19.3 Å². The predicted molar refractivity (Wildman–Crippen MR) is 103 cm³/mol. The fraction of sp³-hybridized carbons (Fsp3) is 0.429. The topological polar surface area (TPSA) is 104 Å². The summed E-state index contributed by atoms with van der Waals surface area (Å²) in [5.74, 6) is 0.0534. The number of hydrazone groups is 1. The number of rotatable bonds is 5. The molecule has 0 spiro atoms. The van der Waals surface area contributed by atoms with Crippen molar-refractivity contribution in [3.8, 4) is 11.9 Å². The van der Waals surface area contributed by atoms with E-state index in [1.807, 2.05) is 6.07 Å². The molecule has 9 heteroatoms. The molecule has 1 unspecified atom stereocenters. The number of pyridine rings is 1. The van der Waals surface area contributed by atoms with Gasteiger partial charge in [-0.25, -0.2) is 19.4 Å². The number of nitriles is 1. The lowest BCUT2D eigenvalue weighted by Gasteiger charge is -2.69. The van der Waals surface area contributed by atoms with E-state index in [0.29, 0.717) is 30.3 Å². The molecule has 0 N–H and O–H groups in total. The number of carbonyl (C=O) groups is 1. The van der Waals surface area contributed by atoms with Crippen molar-refractivity contribution in [2.24, 2.45) is 15.9 Å². The number of nitrogens with zero attached hydrogens (tertiary/aromatic N) is 6. The predicted octanol–water partition coefficient (Wildman–Crippen LogP) is 2.70. The van der Waals surface area contributed by atoms with Gasteiger partial charge in [-0.1, -0.05) is 0 Å². The van der Waals surface area contributed by atoms with Gasteiger partial charge in [-0.05, 0) is 32.3 Å². The maximum absolute atomic E-state index is 13.3. The molecule has 3 aliphatic carbocycles. The van der Waals surface area contributed by atoms with Crippen LogP contribution in [0.25, 0.3) is 0 Å². The molecule has 30 heavy (non-hydrogen) atoms. The minimum absolute atomic E-state index is 0.00466. The largest absolute Gasteiger partial charge is 0.477 e. The number of ether oxygens (including phenoxy) is 1. The molecule has 8 nitrogen and oxygen atoms in total. The lowest BCUT2D eigenvalue weighted by Crippen LogP contribution is -2.69. The highest BCUT2D eigenvalue weighted by Crippen LogP contribution is 2.74. The highest BCUT2D eigenvalue weighted by atomic mass is 19.1. The molecule has 6 rings (SSSR count).